The number of amides is 2. The van der Waals surface area contributed by atoms with Crippen molar-refractivity contribution in [2.24, 2.45) is 5.73 Å². The van der Waals surface area contributed by atoms with Crippen LogP contribution in [0.15, 0.2) is 0 Å². The normalized spacial score (nSPS) is 23.0. The van der Waals surface area contributed by atoms with Crippen molar-refractivity contribution in [3.05, 3.63) is 0 Å². The van der Waals surface area contributed by atoms with E-state index < -0.39 is 6.04 Å². The number of nitrogens with two attached hydrogens (primary N) is 1. The van der Waals surface area contributed by atoms with Gasteiger partial charge in [-0.1, -0.05) is 6.92 Å². The van der Waals surface area contributed by atoms with Gasteiger partial charge in [-0.25, -0.2) is 0 Å². The van der Waals surface area contributed by atoms with Gasteiger partial charge in [0.25, 0.3) is 0 Å². The lowest BCUT2D eigenvalue weighted by Gasteiger charge is -2.28. The molecule has 0 spiro atoms. The van der Waals surface area contributed by atoms with Crippen LogP contribution in [0.1, 0.15) is 19.8 Å². The van der Waals surface area contributed by atoms with E-state index >= 15 is 0 Å². The first-order chi connectivity index (χ1) is 10.1. The third kappa shape index (κ3) is 6.81. The Hall–Kier alpha value is -0.600. The number of ether oxygens (including phenoxy) is 1. The maximum absolute atomic E-state index is 12.0. The molecule has 0 aromatic rings. The fourth-order valence-corrected chi connectivity index (χ4v) is 2.67. The third-order valence-corrected chi connectivity index (χ3v) is 4.13. The molecule has 3 N–H and O–H groups in total. The Morgan fingerprint density at radius 3 is 2.61 bits per heavy atom. The fraction of sp³-hybridized carbons (Fsp3) is 0.857. The Bertz CT molecular complexity index is 381. The summed E-state index contributed by atoms with van der Waals surface area (Å²) in [6.45, 7) is 7.42. The largest absolute Gasteiger partial charge is 0.379 e. The molecular formula is C14H28Cl2N4O3. The van der Waals surface area contributed by atoms with Crippen molar-refractivity contribution < 1.29 is 14.3 Å². The van der Waals surface area contributed by atoms with E-state index in [9.17, 15) is 9.59 Å². The third-order valence-electron chi connectivity index (χ3n) is 4.13. The second kappa shape index (κ2) is 11.0. The van der Waals surface area contributed by atoms with Crippen LogP contribution in [0.25, 0.3) is 0 Å². The molecule has 2 fully saturated rings. The molecule has 2 rings (SSSR count). The first-order valence-electron chi connectivity index (χ1n) is 7.74. The summed E-state index contributed by atoms with van der Waals surface area (Å²) in [7, 11) is 0. The SMILES string of the molecule is CC[C@H](N)C(=O)NC1CC(=O)N(CCN2CCOCC2)C1.Cl.Cl. The second-order valence-corrected chi connectivity index (χ2v) is 5.72. The molecule has 136 valence electrons. The van der Waals surface area contributed by atoms with Gasteiger partial charge in [0.1, 0.15) is 0 Å². The highest BCUT2D eigenvalue weighted by molar-refractivity contribution is 5.86. The molecule has 0 bridgehead atoms. The number of likely N-dealkylation sites (tertiary alicyclic amines) is 1. The highest BCUT2D eigenvalue weighted by Gasteiger charge is 2.31. The summed E-state index contributed by atoms with van der Waals surface area (Å²) < 4.78 is 5.30. The van der Waals surface area contributed by atoms with Crippen molar-refractivity contribution in [2.75, 3.05) is 45.9 Å². The Balaban J connectivity index is 0.00000242. The van der Waals surface area contributed by atoms with Gasteiger partial charge in [-0.2, -0.15) is 0 Å². The van der Waals surface area contributed by atoms with E-state index in [0.717, 1.165) is 32.8 Å². The summed E-state index contributed by atoms with van der Waals surface area (Å²) in [6.07, 6.45) is 0.985. The summed E-state index contributed by atoms with van der Waals surface area (Å²) >= 11 is 0. The second-order valence-electron chi connectivity index (χ2n) is 5.72. The molecular weight excluding hydrogens is 343 g/mol. The van der Waals surface area contributed by atoms with E-state index in [1.807, 2.05) is 11.8 Å². The summed E-state index contributed by atoms with van der Waals surface area (Å²) in [5, 5.41) is 2.87. The number of morpholine rings is 1. The molecule has 0 aromatic heterocycles. The lowest BCUT2D eigenvalue weighted by atomic mass is 10.2. The van der Waals surface area contributed by atoms with Crippen LogP contribution < -0.4 is 11.1 Å². The molecule has 7 nitrogen and oxygen atoms in total. The van der Waals surface area contributed by atoms with Crippen LogP contribution in [-0.2, 0) is 14.3 Å². The quantitative estimate of drug-likeness (QED) is 0.665. The van der Waals surface area contributed by atoms with Crippen LogP contribution in [0.4, 0.5) is 0 Å². The number of carbonyl (C=O) groups is 2. The standard InChI is InChI=1S/C14H26N4O3.2ClH/c1-2-12(15)14(20)16-11-9-13(19)18(10-11)4-3-17-5-7-21-8-6-17;;/h11-12H,2-10,15H2,1H3,(H,16,20);2*1H/t11?,12-;;/m0../s1. The van der Waals surface area contributed by atoms with Gasteiger partial charge in [-0.3, -0.25) is 14.5 Å². The minimum Gasteiger partial charge on any atom is -0.379 e. The zero-order valence-corrected chi connectivity index (χ0v) is 15.2. The predicted molar refractivity (Wildman–Crippen MR) is 93.1 cm³/mol. The van der Waals surface area contributed by atoms with Crippen LogP contribution in [0.5, 0.6) is 0 Å². The first-order valence-corrected chi connectivity index (χ1v) is 7.74. The molecule has 2 aliphatic heterocycles. The fourth-order valence-electron chi connectivity index (χ4n) is 2.67. The number of nitrogens with one attached hydrogen (secondary N) is 1. The van der Waals surface area contributed by atoms with E-state index in [4.69, 9.17) is 10.5 Å². The topological polar surface area (TPSA) is 87.9 Å². The van der Waals surface area contributed by atoms with Gasteiger partial charge in [0.05, 0.1) is 25.3 Å². The van der Waals surface area contributed by atoms with Crippen LogP contribution >= 0.6 is 24.8 Å². The molecule has 0 saturated carbocycles. The van der Waals surface area contributed by atoms with Crippen LogP contribution in [-0.4, -0.2) is 79.6 Å². The molecule has 0 aliphatic carbocycles. The van der Waals surface area contributed by atoms with Crippen molar-refractivity contribution in [3.63, 3.8) is 0 Å². The molecule has 0 aromatic carbocycles. The minimum atomic E-state index is -0.484. The average Bonchev–Trinajstić information content (AvgIpc) is 2.85. The average molecular weight is 371 g/mol. The zero-order chi connectivity index (χ0) is 15.2. The van der Waals surface area contributed by atoms with Crippen molar-refractivity contribution in [3.8, 4) is 0 Å². The lowest BCUT2D eigenvalue weighted by Crippen LogP contribution is -2.46. The molecule has 23 heavy (non-hydrogen) atoms. The van der Waals surface area contributed by atoms with E-state index in [2.05, 4.69) is 10.2 Å². The molecule has 2 amide bonds. The molecule has 2 saturated heterocycles. The minimum absolute atomic E-state index is 0. The molecule has 2 atom stereocenters. The van der Waals surface area contributed by atoms with Gasteiger partial charge in [-0.15, -0.1) is 24.8 Å². The highest BCUT2D eigenvalue weighted by atomic mass is 35.5. The van der Waals surface area contributed by atoms with Crippen LogP contribution in [0, 0.1) is 0 Å². The van der Waals surface area contributed by atoms with Gasteiger partial charge in [0.15, 0.2) is 0 Å². The number of carbonyl (C=O) groups excluding carboxylic acids is 2. The number of nitrogens with zero attached hydrogens (tertiary/aromatic N) is 2. The maximum atomic E-state index is 12.0. The lowest BCUT2D eigenvalue weighted by molar-refractivity contribution is -0.128. The number of halogens is 2. The number of hydrogen-bond acceptors (Lipinski definition) is 5. The summed E-state index contributed by atoms with van der Waals surface area (Å²) in [6, 6.07) is -0.588. The molecule has 1 unspecified atom stereocenters. The Morgan fingerprint density at radius 2 is 2.00 bits per heavy atom. The molecule has 0 radical (unpaired) electrons. The van der Waals surface area contributed by atoms with Gasteiger partial charge in [0.2, 0.25) is 11.8 Å². The van der Waals surface area contributed by atoms with E-state index in [1.54, 1.807) is 0 Å². The molecule has 9 heteroatoms. The van der Waals surface area contributed by atoms with Gasteiger partial charge in [0, 0.05) is 39.1 Å². The Kier molecular flexibility index (Phi) is 10.8. The zero-order valence-electron chi connectivity index (χ0n) is 13.5. The van der Waals surface area contributed by atoms with E-state index in [-0.39, 0.29) is 42.7 Å². The van der Waals surface area contributed by atoms with Gasteiger partial charge >= 0.3 is 0 Å². The number of rotatable bonds is 6. The summed E-state index contributed by atoms with van der Waals surface area (Å²) in [5.74, 6) is -0.0519. The first kappa shape index (κ1) is 22.4. The molecule has 2 aliphatic rings. The van der Waals surface area contributed by atoms with Crippen LogP contribution in [0.3, 0.4) is 0 Å². The Labute approximate surface area is 150 Å². The van der Waals surface area contributed by atoms with Crippen molar-refractivity contribution in [2.45, 2.75) is 31.8 Å². The Morgan fingerprint density at radius 1 is 1.35 bits per heavy atom. The van der Waals surface area contributed by atoms with Crippen molar-refractivity contribution in [1.29, 1.82) is 0 Å². The summed E-state index contributed by atoms with van der Waals surface area (Å²) in [5.41, 5.74) is 5.69. The maximum Gasteiger partial charge on any atom is 0.237 e. The predicted octanol–water partition coefficient (Wildman–Crippen LogP) is -0.383. The van der Waals surface area contributed by atoms with Crippen molar-refractivity contribution in [1.82, 2.24) is 15.1 Å². The monoisotopic (exact) mass is 370 g/mol. The summed E-state index contributed by atoms with van der Waals surface area (Å²) in [4.78, 5) is 27.9. The van der Waals surface area contributed by atoms with E-state index in [0.29, 0.717) is 25.9 Å². The van der Waals surface area contributed by atoms with Crippen LogP contribution in [0.2, 0.25) is 0 Å². The smallest absolute Gasteiger partial charge is 0.237 e. The van der Waals surface area contributed by atoms with Crippen molar-refractivity contribution >= 4 is 36.6 Å². The van der Waals surface area contributed by atoms with Gasteiger partial charge < -0.3 is 20.7 Å². The van der Waals surface area contributed by atoms with E-state index in [1.165, 1.54) is 0 Å². The highest BCUT2D eigenvalue weighted by Crippen LogP contribution is 2.11. The molecule has 2 heterocycles. The van der Waals surface area contributed by atoms with Gasteiger partial charge in [-0.05, 0) is 6.42 Å². The number of hydrogen-bond donors (Lipinski definition) is 2.